The van der Waals surface area contributed by atoms with Crippen molar-refractivity contribution in [1.29, 1.82) is 0 Å². The minimum absolute atomic E-state index is 0. The van der Waals surface area contributed by atoms with Crippen LogP contribution in [0.1, 0.15) is 110 Å². The molecule has 85 heavy (non-hydrogen) atoms. The molecule has 6 aromatic carbocycles. The molecule has 0 bridgehead atoms. The Morgan fingerprint density at radius 3 is 1.07 bits per heavy atom. The van der Waals surface area contributed by atoms with Gasteiger partial charge in [0.05, 0.1) is 46.9 Å². The molecule has 0 fully saturated rings. The van der Waals surface area contributed by atoms with Crippen LogP contribution in [-0.2, 0) is 22.7 Å². The maximum Gasteiger partial charge on any atom is 2.00 e. The molecule has 0 spiro atoms. The molecule has 8 aromatic rings. The summed E-state index contributed by atoms with van der Waals surface area (Å²) in [6, 6.07) is 42.9. The molecule has 8 N–H and O–H groups in total. The minimum Gasteiger partial charge on any atom is -0.550 e. The standard InChI is InChI=1S/2C33H35FN2O6.Ca/c2*1-20(2)31-30(33(42)35-24-12-14-25(37)15-13-24)29(21-6-4-3-5-7-21)32(22-8-10-23(34)11-9-22)36(31)17-16-26(38)18-27(39)19-28(40)41;/h2*3-15,20,26-27,37-39H,16-19H2,1-2H3,(H,35,42)(H,40,41);/q;;+2/p-2. The molecule has 0 saturated carbocycles. The van der Waals surface area contributed by atoms with Gasteiger partial charge in [-0.1, -0.05) is 88.4 Å². The summed E-state index contributed by atoms with van der Waals surface area (Å²) in [5, 5.41) is 88.4. The number of phenols is 2. The summed E-state index contributed by atoms with van der Waals surface area (Å²) in [6.45, 7) is 8.26. The molecule has 4 unspecified atom stereocenters. The van der Waals surface area contributed by atoms with E-state index in [2.05, 4.69) is 10.6 Å². The molecule has 440 valence electrons. The molecular weight excluding hydrogens is 1120 g/mol. The first-order chi connectivity index (χ1) is 40.1. The van der Waals surface area contributed by atoms with Crippen molar-refractivity contribution in [3.05, 3.63) is 192 Å². The van der Waals surface area contributed by atoms with E-state index in [4.69, 9.17) is 0 Å². The van der Waals surface area contributed by atoms with Crippen LogP contribution in [0.5, 0.6) is 11.5 Å². The number of hydrogen-bond acceptors (Lipinski definition) is 12. The van der Waals surface area contributed by atoms with Crippen LogP contribution < -0.4 is 20.8 Å². The van der Waals surface area contributed by atoms with Crippen LogP contribution in [0.4, 0.5) is 20.2 Å². The Labute approximate surface area is 521 Å². The zero-order valence-electron chi connectivity index (χ0n) is 47.6. The number of aromatic nitrogens is 2. The van der Waals surface area contributed by atoms with Crippen LogP contribution >= 0.6 is 0 Å². The quantitative estimate of drug-likeness (QED) is 0.0208. The summed E-state index contributed by atoms with van der Waals surface area (Å²) in [5.41, 5.74) is 8.59. The van der Waals surface area contributed by atoms with Gasteiger partial charge in [0, 0.05) is 71.8 Å². The number of aromatic hydroxyl groups is 2. The van der Waals surface area contributed by atoms with Crippen LogP contribution in [0.15, 0.2) is 158 Å². The summed E-state index contributed by atoms with van der Waals surface area (Å²) < 4.78 is 31.9. The monoisotopic (exact) mass is 1190 g/mol. The average Bonchev–Trinajstić information content (AvgIpc) is 1.85. The molecule has 0 aliphatic carbocycles. The predicted molar refractivity (Wildman–Crippen MR) is 318 cm³/mol. The largest absolute Gasteiger partial charge is 2.00 e. The molecule has 0 aliphatic heterocycles. The number of carboxylic acids is 2. The van der Waals surface area contributed by atoms with E-state index in [1.807, 2.05) is 97.5 Å². The molecule has 2 amide bonds. The van der Waals surface area contributed by atoms with Gasteiger partial charge in [-0.2, -0.15) is 0 Å². The fourth-order valence-electron chi connectivity index (χ4n) is 10.4. The molecule has 2 aromatic heterocycles. The number of amides is 2. The number of halogens is 2. The number of aliphatic carboxylic acids is 2. The van der Waals surface area contributed by atoms with Crippen molar-refractivity contribution >= 4 is 72.9 Å². The minimum atomic E-state index is -1.41. The summed E-state index contributed by atoms with van der Waals surface area (Å²) in [4.78, 5) is 49.9. The van der Waals surface area contributed by atoms with E-state index in [1.54, 1.807) is 48.5 Å². The maximum absolute atomic E-state index is 14.1. The number of carbonyl (C=O) groups is 4. The van der Waals surface area contributed by atoms with Gasteiger partial charge < -0.3 is 70.2 Å². The van der Waals surface area contributed by atoms with Gasteiger partial charge >= 0.3 is 37.7 Å². The molecule has 0 aliphatic rings. The van der Waals surface area contributed by atoms with Gasteiger partial charge in [-0.15, -0.1) is 0 Å². The zero-order valence-corrected chi connectivity index (χ0v) is 49.8. The average molecular weight is 1190 g/mol. The van der Waals surface area contributed by atoms with Crippen LogP contribution in [0.25, 0.3) is 44.8 Å². The van der Waals surface area contributed by atoms with Crippen molar-refractivity contribution in [2.75, 3.05) is 10.6 Å². The first-order valence-corrected chi connectivity index (χ1v) is 27.6. The molecule has 19 heteroatoms. The van der Waals surface area contributed by atoms with Crippen molar-refractivity contribution in [3.63, 3.8) is 0 Å². The second kappa shape index (κ2) is 30.9. The van der Waals surface area contributed by atoms with Crippen LogP contribution in [0.2, 0.25) is 0 Å². The Morgan fingerprint density at radius 2 is 0.776 bits per heavy atom. The Hall–Kier alpha value is -7.68. The molecule has 4 atom stereocenters. The number of rotatable bonds is 24. The number of nitrogens with zero attached hydrogens (tertiary/aromatic N) is 2. The van der Waals surface area contributed by atoms with E-state index >= 15 is 0 Å². The number of anilines is 2. The molecule has 8 rings (SSSR count). The summed E-state index contributed by atoms with van der Waals surface area (Å²) in [6.07, 6.45) is -5.76. The second-order valence-corrected chi connectivity index (χ2v) is 21.1. The number of aliphatic hydroxyl groups excluding tert-OH is 4. The molecule has 0 radical (unpaired) electrons. The van der Waals surface area contributed by atoms with E-state index in [9.17, 15) is 68.8 Å². The Bertz CT molecular complexity index is 3270. The summed E-state index contributed by atoms with van der Waals surface area (Å²) in [7, 11) is 0. The maximum atomic E-state index is 14.1. The van der Waals surface area contributed by atoms with Gasteiger partial charge in [0.2, 0.25) is 0 Å². The number of phenolic OH excluding ortho intramolecular Hbond substituents is 2. The number of benzene rings is 6. The fourth-order valence-corrected chi connectivity index (χ4v) is 10.4. The van der Waals surface area contributed by atoms with Crippen molar-refractivity contribution in [3.8, 4) is 56.3 Å². The van der Waals surface area contributed by atoms with Crippen LogP contribution in [0.3, 0.4) is 0 Å². The van der Waals surface area contributed by atoms with E-state index < -0.39 is 60.8 Å². The predicted octanol–water partition coefficient (Wildman–Crippen LogP) is 8.99. The number of hydrogen-bond donors (Lipinski definition) is 8. The normalized spacial score (nSPS) is 12.6. The van der Waals surface area contributed by atoms with Crippen molar-refractivity contribution in [1.82, 2.24) is 9.13 Å². The van der Waals surface area contributed by atoms with Crippen molar-refractivity contribution < 1.29 is 68.8 Å². The summed E-state index contributed by atoms with van der Waals surface area (Å²) in [5.74, 6) is -4.59. The first-order valence-electron chi connectivity index (χ1n) is 27.6. The Morgan fingerprint density at radius 1 is 0.459 bits per heavy atom. The van der Waals surface area contributed by atoms with Gasteiger partial charge in [-0.25, -0.2) is 8.78 Å². The van der Waals surface area contributed by atoms with Crippen LogP contribution in [0, 0.1) is 11.6 Å². The van der Waals surface area contributed by atoms with Gasteiger partial charge in [-0.3, -0.25) is 9.59 Å². The van der Waals surface area contributed by atoms with Gasteiger partial charge in [0.25, 0.3) is 11.8 Å². The van der Waals surface area contributed by atoms with Gasteiger partial charge in [0.1, 0.15) is 23.1 Å². The number of carbonyl (C=O) groups excluding carboxylic acids is 4. The van der Waals surface area contributed by atoms with Crippen molar-refractivity contribution in [2.45, 2.75) is 116 Å². The topological polar surface area (TPSA) is 270 Å². The van der Waals surface area contributed by atoms with Crippen molar-refractivity contribution in [2.24, 2.45) is 0 Å². The molecule has 16 nitrogen and oxygen atoms in total. The van der Waals surface area contributed by atoms with E-state index in [-0.39, 0.29) is 112 Å². The van der Waals surface area contributed by atoms with E-state index in [0.29, 0.717) is 67.5 Å². The van der Waals surface area contributed by atoms with Gasteiger partial charge in [0.15, 0.2) is 0 Å². The van der Waals surface area contributed by atoms with Crippen LogP contribution in [-0.4, -0.2) is 126 Å². The third-order valence-corrected chi connectivity index (χ3v) is 14.0. The fraction of sp³-hybridized carbons (Fsp3) is 0.273. The Kier molecular flexibility index (Phi) is 24.2. The molecule has 0 saturated heterocycles. The first kappa shape index (κ1) is 66.5. The van der Waals surface area contributed by atoms with E-state index in [0.717, 1.165) is 11.1 Å². The number of aliphatic hydroxyl groups is 4. The number of nitrogens with one attached hydrogen (secondary N) is 2. The third-order valence-electron chi connectivity index (χ3n) is 14.0. The SMILES string of the molecule is CC(C)c1c(C(=O)Nc2ccc(O)cc2)c(-c2ccccc2)c(-c2ccc(F)cc2)n1CCC(O)CC(O)CC(=O)[O-].CC(C)c1c(C(=O)Nc2ccc(O)cc2)c(-c2ccccc2)c(-c2ccc(F)cc2)n1CCC(O)CC(O)CC(=O)[O-].[Ca+2]. The molecular formula is C66H68CaF2N4O12. The Balaban J connectivity index is 0.000000269. The zero-order chi connectivity index (χ0) is 60.8. The smallest absolute Gasteiger partial charge is 0.550 e. The third kappa shape index (κ3) is 17.7. The number of carboxylic acid groups (broad SMARTS) is 2. The van der Waals surface area contributed by atoms with Gasteiger partial charge in [-0.05, 0) is 157 Å². The second-order valence-electron chi connectivity index (χ2n) is 21.1. The van der Waals surface area contributed by atoms with E-state index in [1.165, 1.54) is 48.5 Å². The summed E-state index contributed by atoms with van der Waals surface area (Å²) >= 11 is 0. The molecule has 2 heterocycles.